The van der Waals surface area contributed by atoms with Gasteiger partial charge in [-0.05, 0) is 24.9 Å². The van der Waals surface area contributed by atoms with Crippen LogP contribution in [0.25, 0.3) is 0 Å². The van der Waals surface area contributed by atoms with Gasteiger partial charge in [0.2, 0.25) is 0 Å². The lowest BCUT2D eigenvalue weighted by Crippen LogP contribution is -2.34. The first-order valence-electron chi connectivity index (χ1n) is 4.54. The van der Waals surface area contributed by atoms with Crippen LogP contribution in [-0.2, 0) is 0 Å². The Bertz CT molecular complexity index is 180. The van der Waals surface area contributed by atoms with E-state index in [1.807, 2.05) is 0 Å². The minimum atomic E-state index is -4.04. The second kappa shape index (κ2) is 3.13. The Balaban J connectivity index is 1.85. The monoisotopic (exact) mass is 194 g/mol. The van der Waals surface area contributed by atoms with E-state index < -0.39 is 12.7 Å². The highest BCUT2D eigenvalue weighted by atomic mass is 19.4. The number of likely N-dealkylation sites (tertiary alicyclic amines) is 1. The normalized spacial score (nSPS) is 35.3. The van der Waals surface area contributed by atoms with Crippen LogP contribution in [0.2, 0.25) is 0 Å². The maximum Gasteiger partial charge on any atom is 0.401 e. The van der Waals surface area contributed by atoms with Crippen molar-refractivity contribution in [1.29, 1.82) is 0 Å². The van der Waals surface area contributed by atoms with Crippen molar-refractivity contribution in [1.82, 2.24) is 10.2 Å². The summed E-state index contributed by atoms with van der Waals surface area (Å²) in [5.41, 5.74) is 0. The van der Waals surface area contributed by atoms with Gasteiger partial charge in [-0.25, -0.2) is 0 Å². The number of halogens is 3. The molecule has 2 atom stereocenters. The van der Waals surface area contributed by atoms with Gasteiger partial charge in [-0.1, -0.05) is 0 Å². The van der Waals surface area contributed by atoms with Crippen LogP contribution in [0.1, 0.15) is 0 Å². The second-order valence-electron chi connectivity index (χ2n) is 3.99. The minimum absolute atomic E-state index is 0.447. The summed E-state index contributed by atoms with van der Waals surface area (Å²) in [6.45, 7) is 2.26. The standard InChI is InChI=1S/C8H13F3N2/c9-8(10,11)5-13-3-6-1-12-2-7(6)4-13/h6-7,12H,1-5H2/t6-,7+. The molecule has 0 bridgehead atoms. The molecule has 2 heterocycles. The van der Waals surface area contributed by atoms with Gasteiger partial charge in [0.15, 0.2) is 0 Å². The summed E-state index contributed by atoms with van der Waals surface area (Å²) in [5.74, 6) is 0.893. The highest BCUT2D eigenvalue weighted by Crippen LogP contribution is 2.28. The largest absolute Gasteiger partial charge is 0.401 e. The number of hydrogen-bond acceptors (Lipinski definition) is 2. The first kappa shape index (κ1) is 9.27. The topological polar surface area (TPSA) is 15.3 Å². The molecule has 13 heavy (non-hydrogen) atoms. The lowest BCUT2D eigenvalue weighted by Gasteiger charge is -2.18. The Morgan fingerprint density at radius 1 is 1.15 bits per heavy atom. The van der Waals surface area contributed by atoms with E-state index in [9.17, 15) is 13.2 Å². The Labute approximate surface area is 75.1 Å². The summed E-state index contributed by atoms with van der Waals surface area (Å²) in [4.78, 5) is 1.52. The lowest BCUT2D eigenvalue weighted by molar-refractivity contribution is -0.144. The molecule has 2 aliphatic rings. The zero-order valence-electron chi connectivity index (χ0n) is 7.27. The number of fused-ring (bicyclic) bond motifs is 1. The second-order valence-corrected chi connectivity index (χ2v) is 3.99. The van der Waals surface area contributed by atoms with Crippen molar-refractivity contribution >= 4 is 0 Å². The van der Waals surface area contributed by atoms with E-state index in [-0.39, 0.29) is 0 Å². The fraction of sp³-hybridized carbons (Fsp3) is 1.00. The molecule has 0 amide bonds. The number of rotatable bonds is 1. The maximum atomic E-state index is 12.0. The molecule has 2 fully saturated rings. The minimum Gasteiger partial charge on any atom is -0.316 e. The quantitative estimate of drug-likeness (QED) is 0.661. The van der Waals surface area contributed by atoms with E-state index in [4.69, 9.17) is 0 Å². The van der Waals surface area contributed by atoms with Crippen molar-refractivity contribution < 1.29 is 13.2 Å². The number of alkyl halides is 3. The van der Waals surface area contributed by atoms with E-state index in [0.29, 0.717) is 24.9 Å². The summed E-state index contributed by atoms with van der Waals surface area (Å²) in [6.07, 6.45) is -4.04. The molecule has 76 valence electrons. The fourth-order valence-electron chi connectivity index (χ4n) is 2.34. The maximum absolute atomic E-state index is 12.0. The Kier molecular flexibility index (Phi) is 2.23. The van der Waals surface area contributed by atoms with Crippen LogP contribution < -0.4 is 5.32 Å². The van der Waals surface area contributed by atoms with E-state index in [1.165, 1.54) is 4.90 Å². The Hall–Kier alpha value is -0.290. The summed E-state index contributed by atoms with van der Waals surface area (Å²) in [7, 11) is 0. The first-order chi connectivity index (χ1) is 6.04. The van der Waals surface area contributed by atoms with E-state index in [1.54, 1.807) is 0 Å². The van der Waals surface area contributed by atoms with Crippen molar-refractivity contribution in [2.24, 2.45) is 11.8 Å². The van der Waals surface area contributed by atoms with Crippen LogP contribution in [-0.4, -0.2) is 43.8 Å². The third-order valence-electron chi connectivity index (χ3n) is 2.87. The lowest BCUT2D eigenvalue weighted by atomic mass is 10.0. The Morgan fingerprint density at radius 3 is 2.15 bits per heavy atom. The zero-order valence-corrected chi connectivity index (χ0v) is 7.27. The van der Waals surface area contributed by atoms with Crippen LogP contribution in [0.3, 0.4) is 0 Å². The van der Waals surface area contributed by atoms with Gasteiger partial charge in [-0.3, -0.25) is 4.90 Å². The summed E-state index contributed by atoms with van der Waals surface area (Å²) in [5, 5.41) is 3.20. The predicted molar refractivity (Wildman–Crippen MR) is 42.3 cm³/mol. The molecule has 5 heteroatoms. The van der Waals surface area contributed by atoms with Gasteiger partial charge >= 0.3 is 6.18 Å². The average molecular weight is 194 g/mol. The van der Waals surface area contributed by atoms with Crippen LogP contribution in [0.15, 0.2) is 0 Å². The third kappa shape index (κ3) is 2.14. The predicted octanol–water partition coefficient (Wildman–Crippen LogP) is 0.700. The molecule has 0 aliphatic carbocycles. The highest BCUT2D eigenvalue weighted by Gasteiger charge is 2.40. The van der Waals surface area contributed by atoms with Crippen molar-refractivity contribution in [3.63, 3.8) is 0 Å². The SMILES string of the molecule is FC(F)(F)CN1C[C@H]2CNC[C@H]2C1. The molecular weight excluding hydrogens is 181 g/mol. The first-order valence-corrected chi connectivity index (χ1v) is 4.54. The molecule has 0 aromatic carbocycles. The molecule has 2 nitrogen and oxygen atoms in total. The van der Waals surface area contributed by atoms with Crippen LogP contribution in [0, 0.1) is 11.8 Å². The zero-order chi connectivity index (χ0) is 9.47. The van der Waals surface area contributed by atoms with Gasteiger partial charge in [0.05, 0.1) is 6.54 Å². The highest BCUT2D eigenvalue weighted by molar-refractivity contribution is 4.91. The summed E-state index contributed by atoms with van der Waals surface area (Å²) >= 11 is 0. The van der Waals surface area contributed by atoms with Crippen molar-refractivity contribution in [2.75, 3.05) is 32.7 Å². The van der Waals surface area contributed by atoms with Gasteiger partial charge < -0.3 is 5.32 Å². The number of nitrogens with zero attached hydrogens (tertiary/aromatic N) is 1. The summed E-state index contributed by atoms with van der Waals surface area (Å²) in [6, 6.07) is 0. The Morgan fingerprint density at radius 2 is 1.69 bits per heavy atom. The van der Waals surface area contributed by atoms with Crippen molar-refractivity contribution in [3.8, 4) is 0 Å². The van der Waals surface area contributed by atoms with Crippen molar-refractivity contribution in [3.05, 3.63) is 0 Å². The third-order valence-corrected chi connectivity index (χ3v) is 2.87. The molecule has 0 saturated carbocycles. The molecule has 0 radical (unpaired) electrons. The van der Waals surface area contributed by atoms with Gasteiger partial charge in [-0.2, -0.15) is 13.2 Å². The fourth-order valence-corrected chi connectivity index (χ4v) is 2.34. The molecule has 0 unspecified atom stereocenters. The van der Waals surface area contributed by atoms with Crippen LogP contribution >= 0.6 is 0 Å². The van der Waals surface area contributed by atoms with Crippen LogP contribution in [0.4, 0.5) is 13.2 Å². The van der Waals surface area contributed by atoms with Gasteiger partial charge in [0.25, 0.3) is 0 Å². The van der Waals surface area contributed by atoms with Gasteiger partial charge in [-0.15, -0.1) is 0 Å². The molecule has 0 spiro atoms. The van der Waals surface area contributed by atoms with E-state index in [0.717, 1.165) is 13.1 Å². The van der Waals surface area contributed by atoms with Gasteiger partial charge in [0.1, 0.15) is 0 Å². The molecule has 2 saturated heterocycles. The number of nitrogens with one attached hydrogen (secondary N) is 1. The smallest absolute Gasteiger partial charge is 0.316 e. The summed E-state index contributed by atoms with van der Waals surface area (Å²) < 4.78 is 36.1. The van der Waals surface area contributed by atoms with Gasteiger partial charge in [0, 0.05) is 13.1 Å². The van der Waals surface area contributed by atoms with Crippen LogP contribution in [0.5, 0.6) is 0 Å². The molecule has 2 aliphatic heterocycles. The molecule has 0 aromatic rings. The van der Waals surface area contributed by atoms with Crippen molar-refractivity contribution in [2.45, 2.75) is 6.18 Å². The van der Waals surface area contributed by atoms with E-state index in [2.05, 4.69) is 5.32 Å². The van der Waals surface area contributed by atoms with E-state index >= 15 is 0 Å². The molecular formula is C8H13F3N2. The molecule has 0 aromatic heterocycles. The molecule has 1 N–H and O–H groups in total. The number of hydrogen-bond donors (Lipinski definition) is 1. The molecule has 2 rings (SSSR count). The average Bonchev–Trinajstić information content (AvgIpc) is 2.40.